The van der Waals surface area contributed by atoms with E-state index < -0.39 is 23.3 Å². The molecule has 0 fully saturated rings. The van der Waals surface area contributed by atoms with Gasteiger partial charge in [0, 0.05) is 12.6 Å². The molecule has 2 aromatic carbocycles. The minimum absolute atomic E-state index is 0.107. The number of amides is 1. The quantitative estimate of drug-likeness (QED) is 0.501. The largest absolute Gasteiger partial charge is 0.461 e. The molecule has 9 nitrogen and oxygen atoms in total. The summed E-state index contributed by atoms with van der Waals surface area (Å²) in [5, 5.41) is 9.18. The van der Waals surface area contributed by atoms with Gasteiger partial charge in [-0.15, -0.1) is 0 Å². The number of para-hydroxylation sites is 1. The van der Waals surface area contributed by atoms with E-state index in [0.717, 1.165) is 0 Å². The molecule has 0 atom stereocenters. The Balaban J connectivity index is 1.94. The maximum absolute atomic E-state index is 12.6. The van der Waals surface area contributed by atoms with Crippen molar-refractivity contribution in [3.63, 3.8) is 0 Å². The van der Waals surface area contributed by atoms with Gasteiger partial charge in [0.15, 0.2) is 0 Å². The Morgan fingerprint density at radius 2 is 1.90 bits per heavy atom. The fourth-order valence-corrected chi connectivity index (χ4v) is 2.64. The van der Waals surface area contributed by atoms with Crippen LogP contribution in [-0.4, -0.2) is 34.7 Å². The molecule has 1 amide bonds. The molecule has 1 aromatic heterocycles. The number of ether oxygens (including phenoxy) is 2. The Kier molecular flexibility index (Phi) is 5.68. The van der Waals surface area contributed by atoms with E-state index in [9.17, 15) is 19.2 Å². The third-order valence-electron chi connectivity index (χ3n) is 3.88. The van der Waals surface area contributed by atoms with E-state index >= 15 is 0 Å². The summed E-state index contributed by atoms with van der Waals surface area (Å²) in [6.07, 6.45) is 0. The van der Waals surface area contributed by atoms with Crippen molar-refractivity contribution in [3.8, 4) is 5.75 Å². The van der Waals surface area contributed by atoms with E-state index in [-0.39, 0.29) is 29.0 Å². The second kappa shape index (κ2) is 8.34. The topological polar surface area (TPSA) is 127 Å². The number of H-pyrrole nitrogens is 1. The number of aromatic amines is 1. The summed E-state index contributed by atoms with van der Waals surface area (Å²) in [7, 11) is 0. The van der Waals surface area contributed by atoms with Crippen LogP contribution in [-0.2, 0) is 9.53 Å². The number of esters is 2. The van der Waals surface area contributed by atoms with Gasteiger partial charge in [0.05, 0.1) is 23.1 Å². The lowest BCUT2D eigenvalue weighted by molar-refractivity contribution is -0.131. The first kappa shape index (κ1) is 19.7. The van der Waals surface area contributed by atoms with Gasteiger partial charge in [0.1, 0.15) is 5.75 Å². The molecule has 0 aliphatic rings. The molecule has 0 saturated carbocycles. The number of nitrogens with one attached hydrogen (secondary N) is 2. The summed E-state index contributed by atoms with van der Waals surface area (Å²) in [5.74, 6) is -1.80. The molecule has 0 radical (unpaired) electrons. The molecule has 9 heteroatoms. The van der Waals surface area contributed by atoms with Crippen LogP contribution in [0.15, 0.2) is 47.3 Å². The fraction of sp³-hybridized carbons (Fsp3) is 0.150. The maximum Gasteiger partial charge on any atom is 0.362 e. The maximum atomic E-state index is 12.6. The number of nitrogens with zero attached hydrogens (tertiary/aromatic N) is 1. The van der Waals surface area contributed by atoms with Gasteiger partial charge in [0.25, 0.3) is 5.91 Å². The van der Waals surface area contributed by atoms with E-state index in [4.69, 9.17) is 9.47 Å². The highest BCUT2D eigenvalue weighted by molar-refractivity contribution is 6.07. The number of fused-ring (bicyclic) bond motifs is 1. The molecular weight excluding hydrogens is 378 g/mol. The Bertz CT molecular complexity index is 1170. The Morgan fingerprint density at radius 1 is 1.14 bits per heavy atom. The molecule has 3 rings (SSSR count). The lowest BCUT2D eigenvalue weighted by Crippen LogP contribution is -2.21. The minimum atomic E-state index is -0.833. The number of aromatic nitrogens is 2. The molecule has 0 aliphatic carbocycles. The van der Waals surface area contributed by atoms with Crippen LogP contribution in [0.5, 0.6) is 5.75 Å². The molecular formula is C20H17N3O6. The van der Waals surface area contributed by atoms with Gasteiger partial charge in [0.2, 0.25) is 11.1 Å². The highest BCUT2D eigenvalue weighted by atomic mass is 16.5. The van der Waals surface area contributed by atoms with Crippen molar-refractivity contribution in [2.24, 2.45) is 0 Å². The highest BCUT2D eigenvalue weighted by Crippen LogP contribution is 2.21. The molecule has 3 aromatic rings. The van der Waals surface area contributed by atoms with Gasteiger partial charge in [-0.2, -0.15) is 5.10 Å². The smallest absolute Gasteiger partial charge is 0.362 e. The van der Waals surface area contributed by atoms with E-state index in [1.807, 2.05) is 0 Å². The molecule has 0 saturated heterocycles. The lowest BCUT2D eigenvalue weighted by Gasteiger charge is -2.10. The van der Waals surface area contributed by atoms with Gasteiger partial charge < -0.3 is 14.8 Å². The van der Waals surface area contributed by atoms with Crippen molar-refractivity contribution in [2.75, 3.05) is 11.9 Å². The van der Waals surface area contributed by atoms with Crippen LogP contribution in [0.2, 0.25) is 0 Å². The molecule has 148 valence electrons. The summed E-state index contributed by atoms with van der Waals surface area (Å²) in [5.41, 5.74) is -0.136. The van der Waals surface area contributed by atoms with E-state index in [1.54, 1.807) is 31.2 Å². The summed E-state index contributed by atoms with van der Waals surface area (Å²) >= 11 is 0. The standard InChI is InChI=1S/C20H17N3O6/c1-3-28-20(27)17-18(25)14-10-12(8-9-15(14)22-23-17)21-19(26)13-6-4-5-7-16(13)29-11(2)24/h4-10H,3H2,1-2H3,(H,21,26)(H,22,25). The molecule has 0 unspecified atom stereocenters. The molecule has 29 heavy (non-hydrogen) atoms. The second-order valence-electron chi connectivity index (χ2n) is 5.93. The van der Waals surface area contributed by atoms with Gasteiger partial charge in [-0.05, 0) is 37.3 Å². The van der Waals surface area contributed by atoms with Crippen LogP contribution < -0.4 is 15.5 Å². The van der Waals surface area contributed by atoms with Crippen LogP contribution in [0.4, 0.5) is 5.69 Å². The van der Waals surface area contributed by atoms with Crippen molar-refractivity contribution in [1.29, 1.82) is 0 Å². The number of carbonyl (C=O) groups is 3. The van der Waals surface area contributed by atoms with Crippen molar-refractivity contribution in [1.82, 2.24) is 10.2 Å². The van der Waals surface area contributed by atoms with E-state index in [1.165, 1.54) is 25.1 Å². The zero-order valence-corrected chi connectivity index (χ0v) is 15.6. The SMILES string of the molecule is CCOC(=O)c1n[nH]c2ccc(NC(=O)c3ccccc3OC(C)=O)cc2c1=O. The normalized spacial score (nSPS) is 10.4. The van der Waals surface area contributed by atoms with Crippen LogP contribution in [0.25, 0.3) is 10.9 Å². The number of hydrogen-bond donors (Lipinski definition) is 2. The van der Waals surface area contributed by atoms with E-state index in [0.29, 0.717) is 11.2 Å². The lowest BCUT2D eigenvalue weighted by atomic mass is 10.1. The third kappa shape index (κ3) is 4.29. The van der Waals surface area contributed by atoms with Gasteiger partial charge >= 0.3 is 11.9 Å². The van der Waals surface area contributed by atoms with Gasteiger partial charge in [-0.25, -0.2) is 4.79 Å². The number of benzene rings is 2. The molecule has 1 heterocycles. The molecule has 0 aliphatic heterocycles. The zero-order chi connectivity index (χ0) is 21.0. The number of anilines is 1. The Morgan fingerprint density at radius 3 is 2.62 bits per heavy atom. The predicted octanol–water partition coefficient (Wildman–Crippen LogP) is 2.28. The number of carbonyl (C=O) groups excluding carboxylic acids is 3. The van der Waals surface area contributed by atoms with Crippen LogP contribution in [0.3, 0.4) is 0 Å². The third-order valence-corrected chi connectivity index (χ3v) is 3.88. The average molecular weight is 395 g/mol. The summed E-state index contributed by atoms with van der Waals surface area (Å²) < 4.78 is 9.87. The average Bonchev–Trinajstić information content (AvgIpc) is 2.68. The first-order chi connectivity index (χ1) is 13.9. The Hall–Kier alpha value is -4.01. The fourth-order valence-electron chi connectivity index (χ4n) is 2.64. The number of hydrogen-bond acceptors (Lipinski definition) is 7. The van der Waals surface area contributed by atoms with Crippen LogP contribution in [0.1, 0.15) is 34.7 Å². The zero-order valence-electron chi connectivity index (χ0n) is 15.6. The molecule has 2 N–H and O–H groups in total. The van der Waals surface area contributed by atoms with E-state index in [2.05, 4.69) is 15.5 Å². The van der Waals surface area contributed by atoms with Crippen molar-refractivity contribution in [3.05, 3.63) is 63.9 Å². The van der Waals surface area contributed by atoms with Gasteiger partial charge in [-0.1, -0.05) is 12.1 Å². The van der Waals surface area contributed by atoms with Crippen LogP contribution >= 0.6 is 0 Å². The Labute approximate surface area is 164 Å². The molecule has 0 bridgehead atoms. The van der Waals surface area contributed by atoms with Gasteiger partial charge in [-0.3, -0.25) is 19.5 Å². The second-order valence-corrected chi connectivity index (χ2v) is 5.93. The van der Waals surface area contributed by atoms with Crippen molar-refractivity contribution >= 4 is 34.4 Å². The highest BCUT2D eigenvalue weighted by Gasteiger charge is 2.18. The first-order valence-electron chi connectivity index (χ1n) is 8.69. The minimum Gasteiger partial charge on any atom is -0.461 e. The summed E-state index contributed by atoms with van der Waals surface area (Å²) in [4.78, 5) is 48.3. The van der Waals surface area contributed by atoms with Crippen molar-refractivity contribution < 1.29 is 23.9 Å². The first-order valence-corrected chi connectivity index (χ1v) is 8.69. The molecule has 0 spiro atoms. The van der Waals surface area contributed by atoms with Crippen LogP contribution in [0, 0.1) is 0 Å². The van der Waals surface area contributed by atoms with Crippen molar-refractivity contribution in [2.45, 2.75) is 13.8 Å². The predicted molar refractivity (Wildman–Crippen MR) is 104 cm³/mol. The monoisotopic (exact) mass is 395 g/mol. The summed E-state index contributed by atoms with van der Waals surface area (Å²) in [6.45, 7) is 2.96. The summed E-state index contributed by atoms with van der Waals surface area (Å²) in [6, 6.07) is 10.8. The number of rotatable bonds is 5.